The lowest BCUT2D eigenvalue weighted by molar-refractivity contribution is -0.141. The van der Waals surface area contributed by atoms with Crippen LogP contribution in [0.5, 0.6) is 5.75 Å². The number of aliphatic carboxylic acids is 1. The van der Waals surface area contributed by atoms with E-state index in [1.165, 1.54) is 48.5 Å². The molecule has 0 fully saturated rings. The number of aromatic hydroxyl groups is 1. The maximum Gasteiger partial charge on any atom is 0.336 e. The number of carbonyl (C=O) groups is 12. The predicted octanol–water partition coefficient (Wildman–Crippen LogP) is -3.66. The highest BCUT2D eigenvalue weighted by molar-refractivity contribution is 6.09. The Morgan fingerprint density at radius 1 is 0.624 bits per heavy atom. The fourth-order valence-electron chi connectivity index (χ4n) is 8.48. The van der Waals surface area contributed by atoms with E-state index in [1.54, 1.807) is 30.3 Å². The van der Waals surface area contributed by atoms with Crippen LogP contribution in [0.4, 0.5) is 0 Å². The van der Waals surface area contributed by atoms with Crippen LogP contribution in [-0.4, -0.2) is 170 Å². The lowest BCUT2D eigenvalue weighted by Crippen LogP contribution is -2.61. The smallest absolute Gasteiger partial charge is 0.336 e. The van der Waals surface area contributed by atoms with Crippen LogP contribution in [-0.2, 0) is 54.4 Å². The normalized spacial score (nSPS) is 13.8. The van der Waals surface area contributed by atoms with Gasteiger partial charge < -0.3 is 89.1 Å². The monoisotopic (exact) mass is 1180 g/mol. The summed E-state index contributed by atoms with van der Waals surface area (Å²) in [4.78, 5) is 168. The van der Waals surface area contributed by atoms with E-state index in [0.29, 0.717) is 16.5 Å². The number of primary amides is 2. The molecule has 0 saturated carbocycles. The number of rotatable bonds is 30. The first-order valence-corrected chi connectivity index (χ1v) is 25.9. The second-order valence-corrected chi connectivity index (χ2v) is 19.3. The Morgan fingerprint density at radius 3 is 1.85 bits per heavy atom. The number of nitrogens with two attached hydrogens (primary N) is 2. The van der Waals surface area contributed by atoms with Crippen LogP contribution >= 0.6 is 0 Å². The average Bonchev–Trinajstić information content (AvgIpc) is 2.02. The van der Waals surface area contributed by atoms with Gasteiger partial charge >= 0.3 is 11.9 Å². The van der Waals surface area contributed by atoms with Gasteiger partial charge in [0.2, 0.25) is 53.2 Å². The summed E-state index contributed by atoms with van der Waals surface area (Å²) in [6.07, 6.45) is -4.52. The summed E-state index contributed by atoms with van der Waals surface area (Å²) in [6.45, 7) is -0.540. The van der Waals surface area contributed by atoms with E-state index in [-0.39, 0.29) is 40.2 Å². The number of aliphatic hydroxyl groups is 3. The fraction of sp³-hybridized carbons (Fsp3) is 0.327. The van der Waals surface area contributed by atoms with Crippen LogP contribution in [0.2, 0.25) is 0 Å². The van der Waals surface area contributed by atoms with Gasteiger partial charge in [-0.1, -0.05) is 36.4 Å². The standard InChI is InChI=1S/C55H62N10O20/c1-25(48(76)65-46(26(2)68)54(82)63-37(47(57)75)18-27-6-4-3-5-7-27)59-50(78)36(16-17-66)62-51(79)35(14-15-42(56)71)61-52(80)38(22-44(73)74)64-53(81)39(24-67)60-43(72)23-58-49(77)28-8-11-31(34(19-28)55(83)84)45-32-12-9-29(69)20-40(32)85-41-21-30(70)10-13-33(41)45/h3-13,19-21,25-26,35-39,46,66-69H,14-18,22-24H2,1-2H3,(H2,56,71)(H2,57,75)(H,58,77)(H,59,78)(H,60,72)(H,61,80)(H,62,79)(H,63,82)(H,64,81)(H,65,76)(H,73,74)(H,83,84)/t25-,26+,35-,36-,37-,38-,39-,46-/m0/s1. The highest BCUT2D eigenvalue weighted by atomic mass is 16.4. The molecule has 0 aromatic heterocycles. The molecule has 0 saturated heterocycles. The van der Waals surface area contributed by atoms with E-state index in [0.717, 1.165) is 19.9 Å². The fourth-order valence-corrected chi connectivity index (χ4v) is 8.48. The summed E-state index contributed by atoms with van der Waals surface area (Å²) >= 11 is 0. The van der Waals surface area contributed by atoms with E-state index in [1.807, 2.05) is 5.32 Å². The van der Waals surface area contributed by atoms with Crippen molar-refractivity contribution in [1.29, 1.82) is 0 Å². The van der Waals surface area contributed by atoms with Crippen molar-refractivity contribution < 1.29 is 92.6 Å². The van der Waals surface area contributed by atoms with Crippen molar-refractivity contribution in [2.24, 2.45) is 11.5 Å². The number of carboxylic acids is 2. The topological polar surface area (TPSA) is 505 Å². The summed E-state index contributed by atoms with van der Waals surface area (Å²) in [7, 11) is 0. The first-order chi connectivity index (χ1) is 40.2. The molecule has 3 aromatic carbocycles. The number of hydrogen-bond acceptors (Lipinski definition) is 18. The van der Waals surface area contributed by atoms with Crippen molar-refractivity contribution in [2.75, 3.05) is 19.8 Å². The molecule has 452 valence electrons. The van der Waals surface area contributed by atoms with Gasteiger partial charge in [0.05, 0.1) is 31.2 Å². The molecule has 0 unspecified atom stereocenters. The molecule has 18 N–H and O–H groups in total. The molecule has 1 aliphatic heterocycles. The molecule has 5 rings (SSSR count). The Bertz CT molecular complexity index is 3390. The first-order valence-electron chi connectivity index (χ1n) is 25.9. The van der Waals surface area contributed by atoms with E-state index >= 15 is 0 Å². The summed E-state index contributed by atoms with van der Waals surface area (Å²) in [5.41, 5.74) is 11.1. The van der Waals surface area contributed by atoms with Crippen LogP contribution < -0.4 is 59.4 Å². The molecule has 30 heteroatoms. The van der Waals surface area contributed by atoms with Crippen LogP contribution in [0.3, 0.4) is 0 Å². The van der Waals surface area contributed by atoms with Gasteiger partial charge in [-0.3, -0.25) is 57.5 Å². The van der Waals surface area contributed by atoms with Crippen molar-refractivity contribution in [2.45, 2.75) is 94.3 Å². The number of nitrogens with one attached hydrogen (secondary N) is 8. The van der Waals surface area contributed by atoms with E-state index in [4.69, 9.17) is 15.9 Å². The number of amides is 10. The van der Waals surface area contributed by atoms with Gasteiger partial charge in [-0.2, -0.15) is 0 Å². The number of phenols is 1. The van der Waals surface area contributed by atoms with Crippen LogP contribution in [0.15, 0.2) is 94.1 Å². The summed E-state index contributed by atoms with van der Waals surface area (Å²) < 4.78 is 5.82. The molecule has 2 aliphatic rings. The number of aromatic carboxylic acids is 1. The molecule has 0 bridgehead atoms. The minimum Gasteiger partial charge on any atom is -0.508 e. The lowest BCUT2D eigenvalue weighted by Gasteiger charge is -2.27. The van der Waals surface area contributed by atoms with Crippen molar-refractivity contribution >= 4 is 82.0 Å². The molecule has 10 amide bonds. The minimum atomic E-state index is -2.09. The second-order valence-electron chi connectivity index (χ2n) is 19.3. The molecule has 0 spiro atoms. The van der Waals surface area contributed by atoms with Crippen LogP contribution in [0, 0.1) is 0 Å². The van der Waals surface area contributed by atoms with E-state index in [9.17, 15) is 93.0 Å². The molecule has 3 aromatic rings. The first kappa shape index (κ1) is 65.5. The molecular formula is C55H62N10O20. The third kappa shape index (κ3) is 18.3. The van der Waals surface area contributed by atoms with Gasteiger partial charge in [-0.25, -0.2) is 4.79 Å². The second kappa shape index (κ2) is 30.1. The number of carbonyl (C=O) groups excluding carboxylic acids is 10. The molecule has 1 heterocycles. The molecular weight excluding hydrogens is 1120 g/mol. The maximum absolute atomic E-state index is 13.7. The lowest BCUT2D eigenvalue weighted by atomic mass is 9.90. The highest BCUT2D eigenvalue weighted by Crippen LogP contribution is 2.42. The highest BCUT2D eigenvalue weighted by Gasteiger charge is 2.35. The zero-order valence-electron chi connectivity index (χ0n) is 45.4. The predicted molar refractivity (Wildman–Crippen MR) is 295 cm³/mol. The Kier molecular flexibility index (Phi) is 23.2. The quantitative estimate of drug-likeness (QED) is 0.0197. The number of hydrogen-bond donors (Lipinski definition) is 16. The van der Waals surface area contributed by atoms with Gasteiger partial charge in [0.25, 0.3) is 5.91 Å². The van der Waals surface area contributed by atoms with Crippen molar-refractivity contribution in [1.82, 2.24) is 42.5 Å². The third-order valence-electron chi connectivity index (χ3n) is 12.8. The van der Waals surface area contributed by atoms with Crippen LogP contribution in [0.25, 0.3) is 33.4 Å². The average molecular weight is 1180 g/mol. The Hall–Kier alpha value is -10.3. The number of phenolic OH excluding ortho intramolecular Hbond substituents is 1. The summed E-state index contributed by atoms with van der Waals surface area (Å²) in [5, 5.41) is 78.3. The summed E-state index contributed by atoms with van der Waals surface area (Å²) in [6, 6.07) is 7.83. The van der Waals surface area contributed by atoms with Crippen LogP contribution in [0.1, 0.15) is 65.8 Å². The number of benzene rings is 4. The number of aliphatic hydroxyl groups excluding tert-OH is 3. The van der Waals surface area contributed by atoms with E-state index in [2.05, 4.69) is 37.2 Å². The van der Waals surface area contributed by atoms with Gasteiger partial charge in [0.1, 0.15) is 59.4 Å². The van der Waals surface area contributed by atoms with Gasteiger partial charge in [0.15, 0.2) is 5.43 Å². The molecule has 1 aliphatic carbocycles. The molecule has 0 radical (unpaired) electrons. The van der Waals surface area contributed by atoms with Gasteiger partial charge in [-0.05, 0) is 74.2 Å². The number of fused-ring (bicyclic) bond motifs is 2. The van der Waals surface area contributed by atoms with Crippen molar-refractivity contribution in [3.8, 4) is 28.2 Å². The third-order valence-corrected chi connectivity index (χ3v) is 12.8. The van der Waals surface area contributed by atoms with Gasteiger partial charge in [0, 0.05) is 53.7 Å². The largest absolute Gasteiger partial charge is 0.508 e. The molecule has 30 nitrogen and oxygen atoms in total. The molecule has 8 atom stereocenters. The Morgan fingerprint density at radius 2 is 1.24 bits per heavy atom. The SMILES string of the molecule is C[C@H](NC(=O)[C@H](CCO)NC(=O)[C@H](CCC(N)=O)NC(=O)[C@H](CC(=O)O)NC(=O)[C@H](CO)NC(=O)CNC(=O)c1ccc(-c2c3ccc(=O)cc-3oc3cc(O)ccc23)c(C(=O)O)c1)C(=O)N[C@H](C(=O)N[C@@H](Cc1ccccc1)C(N)=O)[C@@H](C)O. The van der Waals surface area contributed by atoms with Crippen molar-refractivity contribution in [3.63, 3.8) is 0 Å². The zero-order valence-corrected chi connectivity index (χ0v) is 45.4. The van der Waals surface area contributed by atoms with E-state index < -0.39 is 176 Å². The van der Waals surface area contributed by atoms with Crippen molar-refractivity contribution in [3.05, 3.63) is 112 Å². The maximum atomic E-state index is 13.7. The van der Waals surface area contributed by atoms with Gasteiger partial charge in [-0.15, -0.1) is 0 Å². The Labute approximate surface area is 481 Å². The molecule has 85 heavy (non-hydrogen) atoms. The minimum absolute atomic E-state index is 0.0328. The zero-order chi connectivity index (χ0) is 62.8. The number of carboxylic acid groups (broad SMARTS) is 2. The Balaban J connectivity index is 1.22. The summed E-state index contributed by atoms with van der Waals surface area (Å²) in [5.74, 6) is -14.5.